The maximum atomic E-state index is 10.2. The van der Waals surface area contributed by atoms with E-state index in [1.807, 2.05) is 0 Å². The van der Waals surface area contributed by atoms with E-state index in [9.17, 15) is 15.3 Å². The van der Waals surface area contributed by atoms with Crippen LogP contribution in [0.3, 0.4) is 0 Å². The highest BCUT2D eigenvalue weighted by atomic mass is 16.6. The van der Waals surface area contributed by atoms with Crippen LogP contribution >= 0.6 is 0 Å². The molecule has 1 fully saturated rings. The first-order valence-electron chi connectivity index (χ1n) is 8.32. The van der Waals surface area contributed by atoms with Crippen molar-refractivity contribution >= 4 is 17.0 Å². The van der Waals surface area contributed by atoms with Gasteiger partial charge in [-0.25, -0.2) is 4.98 Å². The lowest BCUT2D eigenvalue weighted by Gasteiger charge is -2.16. The lowest BCUT2D eigenvalue weighted by Crippen LogP contribution is -2.33. The van der Waals surface area contributed by atoms with Crippen LogP contribution in [0, 0.1) is 0 Å². The zero-order chi connectivity index (χ0) is 18.0. The van der Waals surface area contributed by atoms with Crippen LogP contribution < -0.4 is 10.5 Å². The lowest BCUT2D eigenvalue weighted by molar-refractivity contribution is -0.0511. The molecular weight excluding hydrogens is 330 g/mol. The molecule has 1 aliphatic heterocycles. The normalized spacial score (nSPS) is 26.4. The topological polar surface area (TPSA) is 149 Å². The van der Waals surface area contributed by atoms with Gasteiger partial charge >= 0.3 is 6.01 Å². The number of hydrogen-bond acceptors (Lipinski definition) is 9. The van der Waals surface area contributed by atoms with E-state index < -0.39 is 31.1 Å². The Morgan fingerprint density at radius 1 is 1.28 bits per heavy atom. The fourth-order valence-corrected chi connectivity index (χ4v) is 2.79. The summed E-state index contributed by atoms with van der Waals surface area (Å²) in [7, 11) is 0. The highest BCUT2D eigenvalue weighted by Gasteiger charge is 2.44. The third kappa shape index (κ3) is 3.38. The second-order valence-electron chi connectivity index (χ2n) is 6.00. The van der Waals surface area contributed by atoms with E-state index in [4.69, 9.17) is 15.2 Å². The molecule has 3 rings (SSSR count). The number of nitrogens with zero attached hydrogens (tertiary/aromatic N) is 4. The lowest BCUT2D eigenvalue weighted by atomic mass is 10.1. The van der Waals surface area contributed by atoms with Gasteiger partial charge in [0.15, 0.2) is 23.2 Å². The van der Waals surface area contributed by atoms with E-state index in [0.717, 1.165) is 19.3 Å². The molecule has 0 bridgehead atoms. The monoisotopic (exact) mass is 353 g/mol. The van der Waals surface area contributed by atoms with Crippen LogP contribution in [0.5, 0.6) is 6.01 Å². The molecule has 0 spiro atoms. The van der Waals surface area contributed by atoms with Crippen molar-refractivity contribution < 1.29 is 24.8 Å². The van der Waals surface area contributed by atoms with Crippen molar-refractivity contribution in [2.45, 2.75) is 50.7 Å². The van der Waals surface area contributed by atoms with Crippen LogP contribution in [0.4, 0.5) is 5.82 Å². The number of nitrogen functional groups attached to an aromatic ring is 1. The van der Waals surface area contributed by atoms with Gasteiger partial charge in [-0.05, 0) is 6.42 Å². The fraction of sp³-hybridized carbons (Fsp3) is 0.667. The van der Waals surface area contributed by atoms with Crippen LogP contribution in [0.1, 0.15) is 32.4 Å². The molecule has 1 aliphatic rings. The zero-order valence-corrected chi connectivity index (χ0v) is 13.9. The number of aromatic nitrogens is 4. The SMILES string of the molecule is CCCCCOc1nc(N)c2ncn(C3O[C@@H](CO)[C@H](O)[C@@H]3O)c2n1. The van der Waals surface area contributed by atoms with Gasteiger partial charge < -0.3 is 30.5 Å². The molecule has 3 heterocycles. The molecule has 2 aromatic rings. The molecule has 2 aromatic heterocycles. The van der Waals surface area contributed by atoms with Crippen molar-refractivity contribution in [2.24, 2.45) is 0 Å². The molecule has 1 unspecified atom stereocenters. The highest BCUT2D eigenvalue weighted by Crippen LogP contribution is 2.32. The minimum Gasteiger partial charge on any atom is -0.463 e. The summed E-state index contributed by atoms with van der Waals surface area (Å²) in [6.07, 6.45) is 0.113. The predicted molar refractivity (Wildman–Crippen MR) is 87.8 cm³/mol. The van der Waals surface area contributed by atoms with Gasteiger partial charge in [0, 0.05) is 0 Å². The number of anilines is 1. The summed E-state index contributed by atoms with van der Waals surface area (Å²) in [6.45, 7) is 2.16. The Hall–Kier alpha value is -2.01. The zero-order valence-electron chi connectivity index (χ0n) is 13.9. The number of rotatable bonds is 7. The van der Waals surface area contributed by atoms with Crippen molar-refractivity contribution in [2.75, 3.05) is 18.9 Å². The molecule has 138 valence electrons. The second-order valence-corrected chi connectivity index (χ2v) is 6.00. The second kappa shape index (κ2) is 7.48. The van der Waals surface area contributed by atoms with Gasteiger partial charge in [-0.3, -0.25) is 4.57 Å². The number of unbranched alkanes of at least 4 members (excludes halogenated alkanes) is 2. The Morgan fingerprint density at radius 3 is 2.76 bits per heavy atom. The van der Waals surface area contributed by atoms with Gasteiger partial charge in [0.05, 0.1) is 19.5 Å². The van der Waals surface area contributed by atoms with E-state index in [-0.39, 0.29) is 11.8 Å². The summed E-state index contributed by atoms with van der Waals surface area (Å²) < 4.78 is 12.5. The molecule has 0 aromatic carbocycles. The molecule has 10 nitrogen and oxygen atoms in total. The molecule has 0 amide bonds. The van der Waals surface area contributed by atoms with Gasteiger partial charge in [0.1, 0.15) is 18.3 Å². The maximum absolute atomic E-state index is 10.2. The first-order chi connectivity index (χ1) is 12.1. The van der Waals surface area contributed by atoms with Crippen LogP contribution in [0.25, 0.3) is 11.2 Å². The summed E-state index contributed by atoms with van der Waals surface area (Å²) in [4.78, 5) is 12.5. The predicted octanol–water partition coefficient (Wildman–Crippen LogP) is -0.411. The highest BCUT2D eigenvalue weighted by molar-refractivity contribution is 5.82. The van der Waals surface area contributed by atoms with Crippen molar-refractivity contribution in [3.63, 3.8) is 0 Å². The number of ether oxygens (including phenoxy) is 2. The fourth-order valence-electron chi connectivity index (χ4n) is 2.79. The molecule has 0 aliphatic carbocycles. The average Bonchev–Trinajstić information content (AvgIpc) is 3.14. The largest absolute Gasteiger partial charge is 0.463 e. The first kappa shape index (κ1) is 17.8. The minimum absolute atomic E-state index is 0.120. The average molecular weight is 353 g/mol. The first-order valence-corrected chi connectivity index (χ1v) is 8.32. The van der Waals surface area contributed by atoms with E-state index in [1.165, 1.54) is 10.9 Å². The Morgan fingerprint density at radius 2 is 2.08 bits per heavy atom. The summed E-state index contributed by atoms with van der Waals surface area (Å²) in [6, 6.07) is 0.120. The summed E-state index contributed by atoms with van der Waals surface area (Å²) in [5, 5.41) is 29.3. The third-order valence-corrected chi connectivity index (χ3v) is 4.20. The van der Waals surface area contributed by atoms with Crippen LogP contribution in [-0.2, 0) is 4.74 Å². The maximum Gasteiger partial charge on any atom is 0.320 e. The molecule has 5 N–H and O–H groups in total. The van der Waals surface area contributed by atoms with E-state index in [2.05, 4.69) is 21.9 Å². The van der Waals surface area contributed by atoms with E-state index in [1.54, 1.807) is 0 Å². The van der Waals surface area contributed by atoms with Crippen molar-refractivity contribution in [3.05, 3.63) is 6.33 Å². The number of nitrogens with two attached hydrogens (primary N) is 1. The number of aliphatic hydroxyl groups excluding tert-OH is 3. The summed E-state index contributed by atoms with van der Waals surface area (Å²) >= 11 is 0. The molecule has 1 saturated heterocycles. The van der Waals surface area contributed by atoms with Gasteiger partial charge in [-0.15, -0.1) is 0 Å². The third-order valence-electron chi connectivity index (χ3n) is 4.20. The summed E-state index contributed by atoms with van der Waals surface area (Å²) in [5.74, 6) is 0.154. The number of hydrogen-bond donors (Lipinski definition) is 4. The molecule has 4 atom stereocenters. The number of imidazole rings is 1. The van der Waals surface area contributed by atoms with Crippen molar-refractivity contribution in [1.82, 2.24) is 19.5 Å². The van der Waals surface area contributed by atoms with Crippen molar-refractivity contribution in [1.29, 1.82) is 0 Å². The number of aliphatic hydroxyl groups is 3. The van der Waals surface area contributed by atoms with Gasteiger partial charge in [0.2, 0.25) is 0 Å². The molecule has 25 heavy (non-hydrogen) atoms. The van der Waals surface area contributed by atoms with Gasteiger partial charge in [-0.2, -0.15) is 9.97 Å². The Kier molecular flexibility index (Phi) is 5.33. The number of fused-ring (bicyclic) bond motifs is 1. The molecule has 0 saturated carbocycles. The Bertz CT molecular complexity index is 724. The Labute approximate surface area is 144 Å². The quantitative estimate of drug-likeness (QED) is 0.487. The molecular formula is C15H23N5O5. The van der Waals surface area contributed by atoms with Crippen molar-refractivity contribution in [3.8, 4) is 6.01 Å². The van der Waals surface area contributed by atoms with E-state index in [0.29, 0.717) is 17.8 Å². The standard InChI is InChI=1S/C15H23N5O5/c1-2-3-4-5-24-15-18-12(16)9-13(19-15)20(7-17-9)14-11(23)10(22)8(6-21)25-14/h7-8,10-11,14,21-23H,2-6H2,1H3,(H2,16,18,19)/t8-,10-,11-,14?/m0/s1. The van der Waals surface area contributed by atoms with Gasteiger partial charge in [-0.1, -0.05) is 19.8 Å². The van der Waals surface area contributed by atoms with Gasteiger partial charge in [0.25, 0.3) is 0 Å². The Balaban J connectivity index is 1.88. The smallest absolute Gasteiger partial charge is 0.320 e. The minimum atomic E-state index is -1.24. The van der Waals surface area contributed by atoms with Crippen LogP contribution in [0.2, 0.25) is 0 Å². The molecule has 10 heteroatoms. The summed E-state index contributed by atoms with van der Waals surface area (Å²) in [5.41, 5.74) is 6.59. The van der Waals surface area contributed by atoms with Crippen LogP contribution in [-0.4, -0.2) is 66.4 Å². The van der Waals surface area contributed by atoms with Crippen LogP contribution in [0.15, 0.2) is 6.33 Å². The molecule has 0 radical (unpaired) electrons. The van der Waals surface area contributed by atoms with E-state index >= 15 is 0 Å².